The zero-order chi connectivity index (χ0) is 11.9. The number of amides is 1. The zero-order valence-corrected chi connectivity index (χ0v) is 10.6. The summed E-state index contributed by atoms with van der Waals surface area (Å²) in [6.45, 7) is 2.14. The maximum atomic E-state index is 11.3. The van der Waals surface area contributed by atoms with Gasteiger partial charge in [0.05, 0.1) is 0 Å². The van der Waals surface area contributed by atoms with Crippen LogP contribution in [0.2, 0.25) is 0 Å². The van der Waals surface area contributed by atoms with Crippen molar-refractivity contribution in [2.45, 2.75) is 31.7 Å². The van der Waals surface area contributed by atoms with E-state index in [1.807, 2.05) is 0 Å². The Kier molecular flexibility index (Phi) is 2.44. The van der Waals surface area contributed by atoms with Crippen molar-refractivity contribution in [1.82, 2.24) is 5.32 Å². The number of hydrogen-bond donors (Lipinski definition) is 1. The molecular formula is C14H15NOS. The average molecular weight is 245 g/mol. The van der Waals surface area contributed by atoms with Crippen LogP contribution in [0.3, 0.4) is 0 Å². The van der Waals surface area contributed by atoms with Gasteiger partial charge in [-0.1, -0.05) is 18.2 Å². The second-order valence-electron chi connectivity index (χ2n) is 5.04. The number of carbonyl (C=O) groups excluding carboxylic acids is 1. The number of carbonyl (C=O) groups is 1. The lowest BCUT2D eigenvalue weighted by Crippen LogP contribution is -2.40. The van der Waals surface area contributed by atoms with Crippen LogP contribution in [0.4, 0.5) is 0 Å². The molecule has 2 aromatic rings. The fourth-order valence-corrected chi connectivity index (χ4v) is 3.54. The molecular weight excluding hydrogens is 230 g/mol. The summed E-state index contributed by atoms with van der Waals surface area (Å²) in [6.07, 6.45) is 2.54. The van der Waals surface area contributed by atoms with Gasteiger partial charge in [-0.2, -0.15) is 0 Å². The largest absolute Gasteiger partial charge is 0.351 e. The van der Waals surface area contributed by atoms with Gasteiger partial charge in [0, 0.05) is 16.7 Å². The van der Waals surface area contributed by atoms with Crippen molar-refractivity contribution in [3.8, 4) is 0 Å². The molecule has 2 nitrogen and oxygen atoms in total. The molecule has 1 unspecified atom stereocenters. The van der Waals surface area contributed by atoms with Gasteiger partial charge in [-0.3, -0.25) is 4.79 Å². The van der Waals surface area contributed by atoms with Crippen molar-refractivity contribution in [2.75, 3.05) is 0 Å². The molecule has 1 atom stereocenters. The summed E-state index contributed by atoms with van der Waals surface area (Å²) < 4.78 is 1.33. The third-order valence-corrected chi connectivity index (χ3v) is 4.50. The maximum absolute atomic E-state index is 11.3. The number of benzene rings is 1. The van der Waals surface area contributed by atoms with Gasteiger partial charge in [0.2, 0.25) is 5.91 Å². The van der Waals surface area contributed by atoms with Gasteiger partial charge in [-0.15, -0.1) is 11.3 Å². The van der Waals surface area contributed by atoms with Crippen LogP contribution in [0.25, 0.3) is 10.1 Å². The lowest BCUT2D eigenvalue weighted by Gasteiger charge is -2.23. The molecule has 0 bridgehead atoms. The summed E-state index contributed by atoms with van der Waals surface area (Å²) in [5, 5.41) is 6.65. The third kappa shape index (κ3) is 1.95. The number of thiophene rings is 1. The lowest BCUT2D eigenvalue weighted by atomic mass is 9.91. The molecule has 1 saturated heterocycles. The Morgan fingerprint density at radius 1 is 1.41 bits per heavy atom. The molecule has 1 amide bonds. The van der Waals surface area contributed by atoms with Gasteiger partial charge in [-0.05, 0) is 42.2 Å². The molecule has 1 aliphatic heterocycles. The van der Waals surface area contributed by atoms with E-state index in [9.17, 15) is 4.79 Å². The van der Waals surface area contributed by atoms with Crippen LogP contribution in [0.5, 0.6) is 0 Å². The maximum Gasteiger partial charge on any atom is 0.220 e. The normalized spacial score (nSPS) is 24.2. The van der Waals surface area contributed by atoms with E-state index in [1.165, 1.54) is 15.6 Å². The van der Waals surface area contributed by atoms with Crippen molar-refractivity contribution in [1.29, 1.82) is 0 Å². The Morgan fingerprint density at radius 2 is 2.24 bits per heavy atom. The molecule has 1 aliphatic rings. The summed E-state index contributed by atoms with van der Waals surface area (Å²) in [6, 6.07) is 8.47. The van der Waals surface area contributed by atoms with Gasteiger partial charge in [-0.25, -0.2) is 0 Å². The molecule has 0 saturated carbocycles. The van der Waals surface area contributed by atoms with Crippen molar-refractivity contribution >= 4 is 27.3 Å². The van der Waals surface area contributed by atoms with Crippen LogP contribution in [0.1, 0.15) is 25.3 Å². The molecule has 3 rings (SSSR count). The number of nitrogens with one attached hydrogen (secondary N) is 1. The molecule has 0 spiro atoms. The minimum Gasteiger partial charge on any atom is -0.351 e. The average Bonchev–Trinajstić information content (AvgIpc) is 2.85. The highest BCUT2D eigenvalue weighted by molar-refractivity contribution is 7.17. The molecule has 1 aromatic heterocycles. The van der Waals surface area contributed by atoms with E-state index in [0.717, 1.165) is 12.8 Å². The number of rotatable bonds is 2. The van der Waals surface area contributed by atoms with E-state index in [4.69, 9.17) is 0 Å². The summed E-state index contributed by atoms with van der Waals surface area (Å²) in [7, 11) is 0. The first-order chi connectivity index (χ1) is 8.16. The van der Waals surface area contributed by atoms with Crippen molar-refractivity contribution in [3.63, 3.8) is 0 Å². The molecule has 0 radical (unpaired) electrons. The van der Waals surface area contributed by atoms with Crippen molar-refractivity contribution in [2.24, 2.45) is 0 Å². The predicted molar refractivity (Wildman–Crippen MR) is 71.3 cm³/mol. The fourth-order valence-electron chi connectivity index (χ4n) is 2.57. The second-order valence-corrected chi connectivity index (χ2v) is 5.95. The van der Waals surface area contributed by atoms with Crippen LogP contribution in [0, 0.1) is 0 Å². The molecule has 88 valence electrons. The van der Waals surface area contributed by atoms with E-state index in [-0.39, 0.29) is 11.4 Å². The van der Waals surface area contributed by atoms with E-state index in [0.29, 0.717) is 6.42 Å². The van der Waals surface area contributed by atoms with Crippen LogP contribution in [-0.2, 0) is 11.2 Å². The fraction of sp³-hybridized carbons (Fsp3) is 0.357. The highest BCUT2D eigenvalue weighted by Crippen LogP contribution is 2.31. The topological polar surface area (TPSA) is 29.1 Å². The Balaban J connectivity index is 1.92. The highest BCUT2D eigenvalue weighted by Gasteiger charge is 2.33. The number of hydrogen-bond acceptors (Lipinski definition) is 2. The second kappa shape index (κ2) is 3.84. The highest BCUT2D eigenvalue weighted by atomic mass is 32.1. The van der Waals surface area contributed by atoms with Crippen molar-refractivity contribution in [3.05, 3.63) is 35.2 Å². The zero-order valence-electron chi connectivity index (χ0n) is 9.82. The van der Waals surface area contributed by atoms with E-state index >= 15 is 0 Å². The summed E-state index contributed by atoms with van der Waals surface area (Å²) in [4.78, 5) is 11.3. The minimum atomic E-state index is -0.0546. The first-order valence-corrected chi connectivity index (χ1v) is 6.80. The molecule has 0 aliphatic carbocycles. The molecule has 1 aromatic carbocycles. The molecule has 2 heterocycles. The van der Waals surface area contributed by atoms with Gasteiger partial charge in [0.15, 0.2) is 0 Å². The standard InChI is InChI=1S/C14H15NOS/c1-14(7-6-13(16)15-14)8-10-9-17-12-5-3-2-4-11(10)12/h2-5,9H,6-8H2,1H3,(H,15,16). The molecule has 3 heteroatoms. The Hall–Kier alpha value is -1.35. The van der Waals surface area contributed by atoms with Gasteiger partial charge < -0.3 is 5.32 Å². The molecule has 17 heavy (non-hydrogen) atoms. The Morgan fingerprint density at radius 3 is 3.00 bits per heavy atom. The van der Waals surface area contributed by atoms with Crippen LogP contribution in [-0.4, -0.2) is 11.4 Å². The molecule has 1 fully saturated rings. The summed E-state index contributed by atoms with van der Waals surface area (Å²) in [5.74, 6) is 0.187. The Bertz CT molecular complexity index is 574. The van der Waals surface area contributed by atoms with Gasteiger partial charge in [0.25, 0.3) is 0 Å². The Labute approximate surface area is 105 Å². The predicted octanol–water partition coefficient (Wildman–Crippen LogP) is 3.11. The first kappa shape index (κ1) is 10.8. The minimum absolute atomic E-state index is 0.0546. The third-order valence-electron chi connectivity index (χ3n) is 3.49. The van der Waals surface area contributed by atoms with Gasteiger partial charge in [0.1, 0.15) is 0 Å². The van der Waals surface area contributed by atoms with E-state index < -0.39 is 0 Å². The molecule has 1 N–H and O–H groups in total. The van der Waals surface area contributed by atoms with Crippen molar-refractivity contribution < 1.29 is 4.79 Å². The first-order valence-electron chi connectivity index (χ1n) is 5.92. The van der Waals surface area contributed by atoms with E-state index in [2.05, 4.69) is 41.9 Å². The smallest absolute Gasteiger partial charge is 0.220 e. The monoisotopic (exact) mass is 245 g/mol. The SMILES string of the molecule is CC1(Cc2csc3ccccc23)CCC(=O)N1. The lowest BCUT2D eigenvalue weighted by molar-refractivity contribution is -0.119. The quantitative estimate of drug-likeness (QED) is 0.865. The van der Waals surface area contributed by atoms with Crippen LogP contribution < -0.4 is 5.32 Å². The van der Waals surface area contributed by atoms with Crippen LogP contribution in [0.15, 0.2) is 29.6 Å². The van der Waals surface area contributed by atoms with Gasteiger partial charge >= 0.3 is 0 Å². The van der Waals surface area contributed by atoms with Crippen LogP contribution >= 0.6 is 11.3 Å². The summed E-state index contributed by atoms with van der Waals surface area (Å²) >= 11 is 1.78. The summed E-state index contributed by atoms with van der Waals surface area (Å²) in [5.41, 5.74) is 1.30. The number of fused-ring (bicyclic) bond motifs is 1. The van der Waals surface area contributed by atoms with E-state index in [1.54, 1.807) is 11.3 Å².